The Morgan fingerprint density at radius 2 is 1.27 bits per heavy atom. The third-order valence-corrected chi connectivity index (χ3v) is 10.0. The van der Waals surface area contributed by atoms with Crippen molar-refractivity contribution >= 4 is 58.5 Å². The summed E-state index contributed by atoms with van der Waals surface area (Å²) in [7, 11) is 0. The molecule has 5 atom stereocenters. The van der Waals surface area contributed by atoms with Gasteiger partial charge in [-0.05, 0) is 66.6 Å². The van der Waals surface area contributed by atoms with Gasteiger partial charge in [-0.3, -0.25) is 28.8 Å². The zero-order chi connectivity index (χ0) is 42.9. The Hall–Kier alpha value is -6.54. The first-order chi connectivity index (χ1) is 28.4. The topological polar surface area (TPSA) is 230 Å². The average molecular weight is 805 g/mol. The third-order valence-electron chi connectivity index (χ3n) is 10.0. The molecule has 14 nitrogen and oxygen atoms in total. The number of carbonyl (C=O) groups excluding carboxylic acids is 6. The maximum Gasteiger partial charge on any atom is 0.243 e. The van der Waals surface area contributed by atoms with E-state index < -0.39 is 59.7 Å². The Balaban J connectivity index is 1.58. The lowest BCUT2D eigenvalue weighted by molar-refractivity contribution is -0.134. The van der Waals surface area contributed by atoms with E-state index >= 15 is 0 Å². The second-order valence-electron chi connectivity index (χ2n) is 14.4. The highest BCUT2D eigenvalue weighted by molar-refractivity contribution is 5.97. The van der Waals surface area contributed by atoms with Crippen LogP contribution in [0.2, 0.25) is 0 Å². The number of rotatable bonds is 23. The van der Waals surface area contributed by atoms with Crippen LogP contribution < -0.4 is 38.1 Å². The predicted octanol–water partition coefficient (Wildman–Crippen LogP) is 2.95. The molecule has 312 valence electrons. The van der Waals surface area contributed by atoms with E-state index in [0.717, 1.165) is 38.7 Å². The number of unbranched alkanes of at least 4 members (excludes halogenated alkanes) is 1. The van der Waals surface area contributed by atoms with Gasteiger partial charge >= 0.3 is 0 Å². The lowest BCUT2D eigenvalue weighted by Gasteiger charge is -2.26. The number of fused-ring (bicyclic) bond motifs is 1. The molecule has 0 aliphatic rings. The Morgan fingerprint density at radius 3 is 1.93 bits per heavy atom. The van der Waals surface area contributed by atoms with Gasteiger partial charge in [-0.25, -0.2) is 0 Å². The molecule has 0 aliphatic heterocycles. The minimum Gasteiger partial charge on any atom is -0.368 e. The number of aromatic nitrogens is 1. The van der Waals surface area contributed by atoms with E-state index in [1.54, 1.807) is 49.5 Å². The molecule has 0 saturated heterocycles. The summed E-state index contributed by atoms with van der Waals surface area (Å²) in [5.74, 6) is -3.65. The van der Waals surface area contributed by atoms with Gasteiger partial charge in [0.2, 0.25) is 35.4 Å². The van der Waals surface area contributed by atoms with Gasteiger partial charge < -0.3 is 43.0 Å². The number of hydrogen-bond acceptors (Lipinski definition) is 7. The number of primary amides is 1. The number of carbonyl (C=O) groups is 6. The van der Waals surface area contributed by atoms with E-state index in [1.165, 1.54) is 6.92 Å². The molecule has 4 rings (SSSR count). The van der Waals surface area contributed by atoms with Crippen molar-refractivity contribution in [3.63, 3.8) is 0 Å². The fraction of sp³-hybridized carbons (Fsp3) is 0.333. The van der Waals surface area contributed by atoms with Crippen LogP contribution in [0.3, 0.4) is 0 Å². The van der Waals surface area contributed by atoms with Crippen molar-refractivity contribution in [2.45, 2.75) is 89.0 Å². The number of H-pyrrole nitrogens is 1. The monoisotopic (exact) mass is 804 g/mol. The lowest BCUT2D eigenvalue weighted by Crippen LogP contribution is -2.59. The molecule has 1 heterocycles. The SMILES string of the molecule is C=Cc1ccc(C[C@@H](NC(=O)CC)C(=O)N[C@H](C)C(=O)N[C@@H](Cc2c[nH]c3ccccc23)C(=O)N[C@H](Cc2ccccc2)C(=O)N[C@@H](CCCCN)C(N)=O)cc1C=C. The van der Waals surface area contributed by atoms with E-state index in [9.17, 15) is 28.8 Å². The number of benzene rings is 3. The molecule has 0 aliphatic carbocycles. The standard InChI is InChI=1S/C45H56N8O6/c1-5-31-21-20-30(23-32(31)6-2)25-37(50-40(54)7-3)43(57)49-28(4)42(56)52-39(26-33-27-48-35-18-12-11-17-34(33)35)45(59)53-38(24-29-15-9-8-10-16-29)44(58)51-36(41(47)55)19-13-14-22-46/h5-6,8-12,15-18,20-21,23,27-28,36-39,48H,1-2,7,13-14,19,22,24-26,46H2,3-4H3,(H2,47,55)(H,49,57)(H,50,54)(H,51,58)(H,52,56)(H,53,59)/t28-,36+,37-,38-,39+/m1/s1. The minimum absolute atomic E-state index is 0.0203. The third kappa shape index (κ3) is 13.3. The smallest absolute Gasteiger partial charge is 0.243 e. The molecule has 0 fully saturated rings. The van der Waals surface area contributed by atoms with E-state index in [1.807, 2.05) is 48.5 Å². The molecule has 14 heteroatoms. The quantitative estimate of drug-likeness (QED) is 0.0522. The molecule has 1 aromatic heterocycles. The largest absolute Gasteiger partial charge is 0.368 e. The van der Waals surface area contributed by atoms with Crippen LogP contribution in [0.5, 0.6) is 0 Å². The summed E-state index contributed by atoms with van der Waals surface area (Å²) in [6, 6.07) is 16.5. The molecule has 0 radical (unpaired) electrons. The summed E-state index contributed by atoms with van der Waals surface area (Å²) in [5.41, 5.74) is 16.0. The van der Waals surface area contributed by atoms with E-state index in [0.29, 0.717) is 19.4 Å². The first kappa shape index (κ1) is 45.2. The van der Waals surface area contributed by atoms with Gasteiger partial charge in [0.15, 0.2) is 0 Å². The van der Waals surface area contributed by atoms with E-state index in [-0.39, 0.29) is 38.0 Å². The molecule has 3 aromatic carbocycles. The van der Waals surface area contributed by atoms with Gasteiger partial charge in [-0.2, -0.15) is 0 Å². The van der Waals surface area contributed by atoms with Gasteiger partial charge in [0, 0.05) is 42.8 Å². The normalized spacial score (nSPS) is 13.5. The van der Waals surface area contributed by atoms with Crippen LogP contribution in [-0.2, 0) is 48.0 Å². The fourth-order valence-electron chi connectivity index (χ4n) is 6.64. The van der Waals surface area contributed by atoms with Crippen LogP contribution in [0.1, 0.15) is 67.3 Å². The van der Waals surface area contributed by atoms with E-state index in [2.05, 4.69) is 44.7 Å². The first-order valence-corrected chi connectivity index (χ1v) is 19.8. The summed E-state index contributed by atoms with van der Waals surface area (Å²) in [6.45, 7) is 11.2. The number of aromatic amines is 1. The number of para-hydroxylation sites is 1. The average Bonchev–Trinajstić information content (AvgIpc) is 3.64. The molecule has 0 spiro atoms. The molecule has 6 amide bonds. The highest BCUT2D eigenvalue weighted by atomic mass is 16.2. The Kier molecular flexibility index (Phi) is 17.2. The van der Waals surface area contributed by atoms with Crippen molar-refractivity contribution in [1.82, 2.24) is 31.6 Å². The summed E-state index contributed by atoms with van der Waals surface area (Å²) < 4.78 is 0. The second kappa shape index (κ2) is 22.4. The van der Waals surface area contributed by atoms with Crippen LogP contribution in [0, 0.1) is 0 Å². The molecular weight excluding hydrogens is 749 g/mol. The predicted molar refractivity (Wildman–Crippen MR) is 230 cm³/mol. The second-order valence-corrected chi connectivity index (χ2v) is 14.4. The first-order valence-electron chi connectivity index (χ1n) is 19.8. The Labute approximate surface area is 345 Å². The summed E-state index contributed by atoms with van der Waals surface area (Å²) >= 11 is 0. The van der Waals surface area contributed by atoms with Crippen molar-refractivity contribution in [2.75, 3.05) is 6.54 Å². The molecule has 59 heavy (non-hydrogen) atoms. The van der Waals surface area contributed by atoms with Crippen molar-refractivity contribution in [2.24, 2.45) is 11.5 Å². The fourth-order valence-corrected chi connectivity index (χ4v) is 6.64. The Morgan fingerprint density at radius 1 is 0.678 bits per heavy atom. The zero-order valence-corrected chi connectivity index (χ0v) is 33.7. The van der Waals surface area contributed by atoms with Crippen LogP contribution in [0.15, 0.2) is 92.2 Å². The van der Waals surface area contributed by atoms with Crippen molar-refractivity contribution in [3.05, 3.63) is 120 Å². The summed E-state index contributed by atoms with van der Waals surface area (Å²) in [4.78, 5) is 83.8. The number of amides is 6. The van der Waals surface area contributed by atoms with Crippen LogP contribution in [0.25, 0.3) is 23.1 Å². The Bertz CT molecular complexity index is 2120. The van der Waals surface area contributed by atoms with Gasteiger partial charge in [-0.1, -0.05) is 99.0 Å². The van der Waals surface area contributed by atoms with Gasteiger partial charge in [0.05, 0.1) is 0 Å². The number of nitrogens with two attached hydrogens (primary N) is 2. The molecule has 0 unspecified atom stereocenters. The highest BCUT2D eigenvalue weighted by Crippen LogP contribution is 2.20. The zero-order valence-electron chi connectivity index (χ0n) is 33.7. The van der Waals surface area contributed by atoms with Gasteiger partial charge in [-0.15, -0.1) is 0 Å². The van der Waals surface area contributed by atoms with Crippen molar-refractivity contribution in [3.8, 4) is 0 Å². The molecule has 10 N–H and O–H groups in total. The van der Waals surface area contributed by atoms with Crippen LogP contribution in [-0.4, -0.2) is 77.2 Å². The van der Waals surface area contributed by atoms with Gasteiger partial charge in [0.25, 0.3) is 0 Å². The molecule has 0 bridgehead atoms. The molecule has 0 saturated carbocycles. The molecule has 4 aromatic rings. The summed E-state index contributed by atoms with van der Waals surface area (Å²) in [5, 5.41) is 14.6. The van der Waals surface area contributed by atoms with Crippen molar-refractivity contribution in [1.29, 1.82) is 0 Å². The highest BCUT2D eigenvalue weighted by Gasteiger charge is 2.32. The maximum atomic E-state index is 14.3. The molecular formula is C45H56N8O6. The lowest BCUT2D eigenvalue weighted by atomic mass is 9.98. The number of nitrogens with one attached hydrogen (secondary N) is 6. The summed E-state index contributed by atoms with van der Waals surface area (Å²) in [6.07, 6.45) is 6.93. The van der Waals surface area contributed by atoms with Crippen molar-refractivity contribution < 1.29 is 28.8 Å². The van der Waals surface area contributed by atoms with Crippen LogP contribution in [0.4, 0.5) is 0 Å². The number of hydrogen-bond donors (Lipinski definition) is 8. The maximum absolute atomic E-state index is 14.3. The van der Waals surface area contributed by atoms with E-state index in [4.69, 9.17) is 11.5 Å². The van der Waals surface area contributed by atoms with Crippen LogP contribution >= 0.6 is 0 Å². The van der Waals surface area contributed by atoms with Gasteiger partial charge in [0.1, 0.15) is 30.2 Å². The minimum atomic E-state index is -1.22.